The van der Waals surface area contributed by atoms with Crippen molar-refractivity contribution in [2.45, 2.75) is 13.0 Å². The number of benzene rings is 3. The molecule has 0 radical (unpaired) electrons. The highest BCUT2D eigenvalue weighted by molar-refractivity contribution is 6.31. The summed E-state index contributed by atoms with van der Waals surface area (Å²) in [7, 11) is 1.38. The van der Waals surface area contributed by atoms with E-state index in [0.29, 0.717) is 17.0 Å². The van der Waals surface area contributed by atoms with Gasteiger partial charge in [-0.15, -0.1) is 0 Å². The molecule has 4 nitrogen and oxygen atoms in total. The standard InChI is InChI=1S/C23H19ClN2O2/c1-28-23(27)20-13-19(24)9-8-18(20)11-17-7-10-21-22(12-17)26(15-25-21)14-16-5-3-2-4-6-16/h2-10,12-13,15H,11,14H2,1H3. The molecule has 0 saturated carbocycles. The van der Waals surface area contributed by atoms with E-state index < -0.39 is 0 Å². The Bertz CT molecular complexity index is 1140. The fourth-order valence-corrected chi connectivity index (χ4v) is 3.51. The van der Waals surface area contributed by atoms with Gasteiger partial charge in [0.15, 0.2) is 0 Å². The number of esters is 1. The molecular formula is C23H19ClN2O2. The topological polar surface area (TPSA) is 44.1 Å². The molecule has 0 aliphatic heterocycles. The molecule has 0 aliphatic rings. The van der Waals surface area contributed by atoms with Crippen LogP contribution in [0.25, 0.3) is 11.0 Å². The summed E-state index contributed by atoms with van der Waals surface area (Å²) in [5.41, 5.74) is 5.70. The minimum atomic E-state index is -0.382. The Hall–Kier alpha value is -3.11. The third kappa shape index (κ3) is 3.78. The molecular weight excluding hydrogens is 372 g/mol. The van der Waals surface area contributed by atoms with Gasteiger partial charge in [-0.05, 0) is 47.4 Å². The normalized spacial score (nSPS) is 10.9. The smallest absolute Gasteiger partial charge is 0.338 e. The maximum atomic E-state index is 12.1. The van der Waals surface area contributed by atoms with Crippen LogP contribution >= 0.6 is 11.6 Å². The van der Waals surface area contributed by atoms with Gasteiger partial charge in [0.1, 0.15) is 0 Å². The number of hydrogen-bond donors (Lipinski definition) is 0. The van der Waals surface area contributed by atoms with Gasteiger partial charge in [0, 0.05) is 11.6 Å². The van der Waals surface area contributed by atoms with Crippen molar-refractivity contribution in [2.24, 2.45) is 0 Å². The molecule has 0 saturated heterocycles. The molecule has 4 aromatic rings. The lowest BCUT2D eigenvalue weighted by atomic mass is 9.99. The summed E-state index contributed by atoms with van der Waals surface area (Å²) in [4.78, 5) is 16.6. The van der Waals surface area contributed by atoms with E-state index in [0.717, 1.165) is 28.7 Å². The average Bonchev–Trinajstić information content (AvgIpc) is 3.11. The Kier molecular flexibility index (Phi) is 5.13. The highest BCUT2D eigenvalue weighted by Crippen LogP contribution is 2.23. The minimum absolute atomic E-state index is 0.382. The Morgan fingerprint density at radius 1 is 1.04 bits per heavy atom. The van der Waals surface area contributed by atoms with E-state index in [1.807, 2.05) is 42.7 Å². The van der Waals surface area contributed by atoms with Crippen LogP contribution in [0.3, 0.4) is 0 Å². The van der Waals surface area contributed by atoms with Gasteiger partial charge >= 0.3 is 5.97 Å². The molecule has 5 heteroatoms. The summed E-state index contributed by atoms with van der Waals surface area (Å²) in [5, 5.41) is 0.514. The van der Waals surface area contributed by atoms with E-state index in [1.54, 1.807) is 12.1 Å². The maximum absolute atomic E-state index is 12.1. The van der Waals surface area contributed by atoms with Crippen LogP contribution in [0.15, 0.2) is 73.1 Å². The Morgan fingerprint density at radius 3 is 2.64 bits per heavy atom. The van der Waals surface area contributed by atoms with Crippen LogP contribution in [-0.4, -0.2) is 22.6 Å². The number of ether oxygens (including phenoxy) is 1. The van der Waals surface area contributed by atoms with Crippen LogP contribution in [0.5, 0.6) is 0 Å². The summed E-state index contributed by atoms with van der Waals surface area (Å²) in [6.07, 6.45) is 2.47. The van der Waals surface area contributed by atoms with Gasteiger partial charge in [-0.3, -0.25) is 0 Å². The predicted octanol–water partition coefficient (Wildman–Crippen LogP) is 5.12. The van der Waals surface area contributed by atoms with Gasteiger partial charge in [0.25, 0.3) is 0 Å². The first-order valence-corrected chi connectivity index (χ1v) is 9.36. The van der Waals surface area contributed by atoms with Crippen molar-refractivity contribution in [3.8, 4) is 0 Å². The number of methoxy groups -OCH3 is 1. The highest BCUT2D eigenvalue weighted by atomic mass is 35.5. The monoisotopic (exact) mass is 390 g/mol. The quantitative estimate of drug-likeness (QED) is 0.444. The third-order valence-electron chi connectivity index (χ3n) is 4.75. The highest BCUT2D eigenvalue weighted by Gasteiger charge is 2.14. The molecule has 0 spiro atoms. The van der Waals surface area contributed by atoms with Gasteiger partial charge in [-0.25, -0.2) is 9.78 Å². The minimum Gasteiger partial charge on any atom is -0.465 e. The van der Waals surface area contributed by atoms with Crippen molar-refractivity contribution in [2.75, 3.05) is 7.11 Å². The first-order valence-electron chi connectivity index (χ1n) is 8.98. The summed E-state index contributed by atoms with van der Waals surface area (Å²) in [6.45, 7) is 0.759. The van der Waals surface area contributed by atoms with Crippen LogP contribution in [0.1, 0.15) is 27.0 Å². The van der Waals surface area contributed by atoms with Gasteiger partial charge in [-0.2, -0.15) is 0 Å². The Balaban J connectivity index is 1.67. The van der Waals surface area contributed by atoms with Crippen LogP contribution < -0.4 is 0 Å². The lowest BCUT2D eigenvalue weighted by Gasteiger charge is -2.10. The first-order chi connectivity index (χ1) is 13.6. The van der Waals surface area contributed by atoms with Gasteiger partial charge < -0.3 is 9.30 Å². The number of carbonyl (C=O) groups is 1. The first kappa shape index (κ1) is 18.3. The number of aromatic nitrogens is 2. The van der Waals surface area contributed by atoms with E-state index in [1.165, 1.54) is 12.7 Å². The molecule has 3 aromatic carbocycles. The van der Waals surface area contributed by atoms with Crippen molar-refractivity contribution in [1.82, 2.24) is 9.55 Å². The largest absolute Gasteiger partial charge is 0.465 e. The fourth-order valence-electron chi connectivity index (χ4n) is 3.34. The summed E-state index contributed by atoms with van der Waals surface area (Å²) < 4.78 is 7.04. The van der Waals surface area contributed by atoms with Crippen molar-refractivity contribution in [3.63, 3.8) is 0 Å². The van der Waals surface area contributed by atoms with Crippen molar-refractivity contribution >= 4 is 28.6 Å². The second-order valence-corrected chi connectivity index (χ2v) is 7.09. The predicted molar refractivity (Wildman–Crippen MR) is 111 cm³/mol. The lowest BCUT2D eigenvalue weighted by molar-refractivity contribution is 0.0599. The van der Waals surface area contributed by atoms with Crippen LogP contribution in [0.4, 0.5) is 0 Å². The second kappa shape index (κ2) is 7.87. The zero-order valence-electron chi connectivity index (χ0n) is 15.4. The van der Waals surface area contributed by atoms with E-state index in [2.05, 4.69) is 27.8 Å². The Labute approximate surface area is 168 Å². The molecule has 0 fully saturated rings. The number of carbonyl (C=O) groups excluding carboxylic acids is 1. The molecule has 0 amide bonds. The average molecular weight is 391 g/mol. The van der Waals surface area contributed by atoms with E-state index >= 15 is 0 Å². The number of rotatable bonds is 5. The van der Waals surface area contributed by atoms with Crippen LogP contribution in [0, 0.1) is 0 Å². The third-order valence-corrected chi connectivity index (χ3v) is 4.99. The molecule has 28 heavy (non-hydrogen) atoms. The lowest BCUT2D eigenvalue weighted by Crippen LogP contribution is -2.06. The summed E-state index contributed by atoms with van der Waals surface area (Å²) in [5.74, 6) is -0.382. The maximum Gasteiger partial charge on any atom is 0.338 e. The molecule has 0 bridgehead atoms. The van der Waals surface area contributed by atoms with Crippen LogP contribution in [-0.2, 0) is 17.7 Å². The Morgan fingerprint density at radius 2 is 1.86 bits per heavy atom. The second-order valence-electron chi connectivity index (χ2n) is 6.65. The summed E-state index contributed by atoms with van der Waals surface area (Å²) in [6, 6.07) is 21.8. The molecule has 4 rings (SSSR count). The van der Waals surface area contributed by atoms with Gasteiger partial charge in [-0.1, -0.05) is 54.1 Å². The van der Waals surface area contributed by atoms with E-state index in [9.17, 15) is 4.79 Å². The number of hydrogen-bond acceptors (Lipinski definition) is 3. The number of imidazole rings is 1. The number of nitrogens with zero attached hydrogens (tertiary/aromatic N) is 2. The molecule has 1 heterocycles. The number of halogens is 1. The molecule has 0 N–H and O–H groups in total. The van der Waals surface area contributed by atoms with Crippen molar-refractivity contribution in [3.05, 3.63) is 100 Å². The van der Waals surface area contributed by atoms with E-state index in [4.69, 9.17) is 16.3 Å². The molecule has 0 atom stereocenters. The van der Waals surface area contributed by atoms with Crippen molar-refractivity contribution < 1.29 is 9.53 Å². The van der Waals surface area contributed by atoms with Crippen LogP contribution in [0.2, 0.25) is 5.02 Å². The molecule has 0 unspecified atom stereocenters. The number of fused-ring (bicyclic) bond motifs is 1. The molecule has 1 aromatic heterocycles. The zero-order chi connectivity index (χ0) is 19.5. The SMILES string of the molecule is COC(=O)c1cc(Cl)ccc1Cc1ccc2ncn(Cc3ccccc3)c2c1. The summed E-state index contributed by atoms with van der Waals surface area (Å²) >= 11 is 6.06. The van der Waals surface area contributed by atoms with Gasteiger partial charge in [0.2, 0.25) is 0 Å². The van der Waals surface area contributed by atoms with E-state index in [-0.39, 0.29) is 5.97 Å². The zero-order valence-corrected chi connectivity index (χ0v) is 16.2. The van der Waals surface area contributed by atoms with Crippen molar-refractivity contribution in [1.29, 1.82) is 0 Å². The molecule has 0 aliphatic carbocycles. The molecule has 140 valence electrons. The fraction of sp³-hybridized carbons (Fsp3) is 0.130. The van der Waals surface area contributed by atoms with Gasteiger partial charge in [0.05, 0.1) is 30.0 Å².